The number of hydrogen-bond donors (Lipinski definition) is 0. The summed E-state index contributed by atoms with van der Waals surface area (Å²) >= 11 is 0. The van der Waals surface area contributed by atoms with E-state index in [1.165, 1.54) is 70.6 Å². The predicted molar refractivity (Wildman–Crippen MR) is 586 cm³/mol. The van der Waals surface area contributed by atoms with E-state index < -0.39 is 24.2 Å². The normalized spacial score (nSPS) is 11.1. The van der Waals surface area contributed by atoms with E-state index in [0.717, 1.165) is 130 Å². The third-order valence-electron chi connectivity index (χ3n) is 24.2. The van der Waals surface area contributed by atoms with Gasteiger partial charge in [-0.1, -0.05) is 301 Å². The van der Waals surface area contributed by atoms with E-state index in [2.05, 4.69) is 381 Å². The van der Waals surface area contributed by atoms with Gasteiger partial charge in [-0.2, -0.15) is 0 Å². The molecule has 0 fully saturated rings. The number of aromatic nitrogens is 12. The zero-order valence-corrected chi connectivity index (χ0v) is 91.3. The molecule has 0 spiro atoms. The number of benzene rings is 11. The van der Waals surface area contributed by atoms with Gasteiger partial charge in [0.05, 0.1) is 29.9 Å². The van der Waals surface area contributed by atoms with Crippen molar-refractivity contribution in [2.45, 2.75) is 79.3 Å². The van der Waals surface area contributed by atoms with E-state index in [-0.39, 0.29) is 60.3 Å². The maximum absolute atomic E-state index is 4.93. The molecular weight excluding hydrogens is 2320 g/mol. The summed E-state index contributed by atoms with van der Waals surface area (Å²) < 4.78 is 6.75. The molecule has 0 saturated heterocycles. The minimum atomic E-state index is -1.59. The van der Waals surface area contributed by atoms with Gasteiger partial charge in [-0.25, -0.2) is 9.97 Å². The van der Waals surface area contributed by atoms with Gasteiger partial charge in [-0.05, 0) is 172 Å². The molecule has 12 heterocycles. The first-order valence-corrected chi connectivity index (χ1v) is 57.6. The van der Waals surface area contributed by atoms with E-state index in [1.54, 1.807) is 18.6 Å². The smallest absolute Gasteiger partial charge is 0.135 e. The Bertz CT molecular complexity index is 7540. The van der Waals surface area contributed by atoms with Crippen molar-refractivity contribution in [3.63, 3.8) is 0 Å². The minimum Gasteiger partial charge on any atom is -0.365 e. The molecule has 0 aliphatic rings. The Balaban J connectivity index is 0.000000135. The van der Waals surface area contributed by atoms with E-state index in [4.69, 9.17) is 29.9 Å². The third-order valence-corrected chi connectivity index (χ3v) is 30.3. The van der Waals surface area contributed by atoms with Gasteiger partial charge in [0, 0.05) is 144 Å². The van der Waals surface area contributed by atoms with Crippen molar-refractivity contribution < 1.29 is 60.3 Å². The van der Waals surface area contributed by atoms with Crippen LogP contribution in [0.1, 0.15) is 13.8 Å². The van der Waals surface area contributed by atoms with Crippen LogP contribution in [-0.4, -0.2) is 82.8 Å². The molecule has 0 unspecified atom stereocenters. The van der Waals surface area contributed by atoms with Crippen molar-refractivity contribution in [1.82, 2.24) is 58.6 Å². The van der Waals surface area contributed by atoms with Gasteiger partial charge < -0.3 is 48.6 Å². The second-order valence-corrected chi connectivity index (χ2v) is 52.7. The number of para-hydroxylation sites is 3. The Hall–Kier alpha value is -14.2. The average molecular weight is 2430 g/mol. The van der Waals surface area contributed by atoms with Crippen LogP contribution >= 0.6 is 0 Å². The molecule has 0 N–H and O–H groups in total. The quantitative estimate of drug-likeness (QED) is 0.0685. The molecule has 18 heteroatoms. The SMILES string of the molecule is CC(C)Cn1c2c[c-]c(-c3cc(-c4ccccc4)c([Si](C)(C)C)cn3)cc2c2cccnc21.C[Si](C)(C)c1cnc(-c2[c-]cc3c(c2)c2cccnc2n3-c2ccccc2)cc1-c1ccccc1.C[Si](C)(C)c1cnc(-c2[c-]nc3c(c2)c2ccccc2n3-c2ccccc2)cc1-c1ccccc1.[Ir].[Ir].[Ir].[c-]1ccccc1-c1ccccn1.[c-]1ccccc1-c1ccccn1.[c-]1ccccc1-c1ccccn1. The second-order valence-electron chi connectivity index (χ2n) is 37.6. The molecule has 0 bridgehead atoms. The molecule has 12 nitrogen and oxygen atoms in total. The van der Waals surface area contributed by atoms with Gasteiger partial charge in [0.1, 0.15) is 11.3 Å². The van der Waals surface area contributed by atoms with E-state index in [0.29, 0.717) is 5.92 Å². The van der Waals surface area contributed by atoms with Crippen molar-refractivity contribution in [2.75, 3.05) is 0 Å². The Morgan fingerprint density at radius 1 is 0.261 bits per heavy atom. The van der Waals surface area contributed by atoms with Gasteiger partial charge in [0.2, 0.25) is 0 Å². The molecule has 0 amide bonds. The molecule has 0 atom stereocenters. The van der Waals surface area contributed by atoms with Gasteiger partial charge >= 0.3 is 0 Å². The zero-order chi connectivity index (χ0) is 95.8. The van der Waals surface area contributed by atoms with Crippen LogP contribution in [0.5, 0.6) is 0 Å². The van der Waals surface area contributed by atoms with Crippen molar-refractivity contribution in [3.05, 3.63) is 462 Å². The van der Waals surface area contributed by atoms with Crippen molar-refractivity contribution in [1.29, 1.82) is 0 Å². The molecule has 23 rings (SSSR count). The first kappa shape index (κ1) is 102. The van der Waals surface area contributed by atoms with Crippen molar-refractivity contribution in [3.8, 4) is 112 Å². The molecule has 142 heavy (non-hydrogen) atoms. The molecule has 707 valence electrons. The standard InChI is InChI=1S/2C31H26N3Si.C29H30N3Si.3C11H8N.3Ir/c1-35(2,3)30-21-32-28(19-26(30)22-12-6-4-7-13-22)23-18-27-25-16-10-11-17-29(25)34(31(27)33-20-23)24-14-8-5-9-15-24;1-35(2,3)30-21-33-28(20-26(30)22-11-6-4-7-12-22)23-16-17-29-27(19-23)25-15-10-18-32-31(25)34(29)24-13-8-5-9-14-24;1-20(2)19-32-27-14-13-22(16-25(27)23-12-9-15-30-29(23)32)26-17-24(21-10-7-6-8-11-21)28(18-31-26)33(3,4)5;3*1-2-6-10(7-3-1)11-8-4-5-9-12-11;;;/h4-19,21H,1-3H3;4-15,17-21H,1-3H3;6-12,14-18,20H,19H2,1-5H3;3*1-6,8-9H;;;/q6*-1;;;. The Morgan fingerprint density at radius 2 is 0.599 bits per heavy atom. The number of hydrogen-bond acceptors (Lipinski definition) is 9. The van der Waals surface area contributed by atoms with Crippen LogP contribution in [0.4, 0.5) is 0 Å². The number of fused-ring (bicyclic) bond motifs is 9. The Labute approximate surface area is 876 Å². The second kappa shape index (κ2) is 46.9. The largest absolute Gasteiger partial charge is 0.365 e. The molecule has 12 aromatic heterocycles. The fourth-order valence-corrected chi connectivity index (χ4v) is 21.9. The van der Waals surface area contributed by atoms with Crippen LogP contribution in [0, 0.1) is 42.4 Å². The molecule has 23 aromatic rings. The van der Waals surface area contributed by atoms with Crippen molar-refractivity contribution in [2.24, 2.45) is 5.92 Å². The topological polar surface area (TPSA) is 131 Å². The van der Waals surface area contributed by atoms with Crippen LogP contribution in [0.3, 0.4) is 0 Å². The summed E-state index contributed by atoms with van der Waals surface area (Å²) in [6.07, 6.45) is 18.7. The summed E-state index contributed by atoms with van der Waals surface area (Å²) in [4.78, 5) is 41.7. The summed E-state index contributed by atoms with van der Waals surface area (Å²) in [6.45, 7) is 26.8. The van der Waals surface area contributed by atoms with E-state index in [9.17, 15) is 0 Å². The summed E-state index contributed by atoms with van der Waals surface area (Å²) in [6, 6.07) is 145. The van der Waals surface area contributed by atoms with Crippen LogP contribution in [0.25, 0.3) is 178 Å². The first-order chi connectivity index (χ1) is 67.7. The van der Waals surface area contributed by atoms with Gasteiger partial charge in [0.25, 0.3) is 0 Å². The Morgan fingerprint density at radius 3 is 0.993 bits per heavy atom. The van der Waals surface area contributed by atoms with Gasteiger partial charge in [-0.3, -0.25) is 0 Å². The zero-order valence-electron chi connectivity index (χ0n) is 81.1. The summed E-state index contributed by atoms with van der Waals surface area (Å²) in [5.41, 5.74) is 27.8. The summed E-state index contributed by atoms with van der Waals surface area (Å²) in [7, 11) is -4.73. The molecule has 0 saturated carbocycles. The van der Waals surface area contributed by atoms with Crippen molar-refractivity contribution >= 4 is 106 Å². The van der Waals surface area contributed by atoms with Crippen LogP contribution in [0.15, 0.2) is 426 Å². The van der Waals surface area contributed by atoms with E-state index in [1.807, 2.05) is 164 Å². The van der Waals surface area contributed by atoms with Crippen LogP contribution < -0.4 is 15.6 Å². The molecule has 0 aliphatic carbocycles. The molecule has 0 aliphatic heterocycles. The first-order valence-electron chi connectivity index (χ1n) is 47.1. The summed E-state index contributed by atoms with van der Waals surface area (Å²) in [5, 5.41) is 11.1. The van der Waals surface area contributed by atoms with Gasteiger partial charge in [0.15, 0.2) is 0 Å². The number of nitrogens with zero attached hydrogens (tertiary/aromatic N) is 12. The number of rotatable bonds is 16. The maximum Gasteiger partial charge on any atom is 0.135 e. The fraction of sp³-hybridized carbons (Fsp3) is 0.105. The van der Waals surface area contributed by atoms with Crippen LogP contribution in [-0.2, 0) is 66.9 Å². The van der Waals surface area contributed by atoms with E-state index >= 15 is 0 Å². The fourth-order valence-electron chi connectivity index (χ4n) is 17.5. The summed E-state index contributed by atoms with van der Waals surface area (Å²) in [5.74, 6) is 0.537. The molecule has 11 aromatic carbocycles. The Kier molecular flexibility index (Phi) is 33.7. The van der Waals surface area contributed by atoms with Crippen LogP contribution in [0.2, 0.25) is 58.9 Å². The van der Waals surface area contributed by atoms with Gasteiger partial charge in [-0.15, -0.1) is 167 Å². The number of pyridine rings is 9. The molecular formula is C124H106Ir3N12Si3-6. The third kappa shape index (κ3) is 23.8. The predicted octanol–water partition coefficient (Wildman–Crippen LogP) is 29.1. The average Bonchev–Trinajstić information content (AvgIpc) is 1.59. The monoisotopic (exact) mass is 2430 g/mol. The maximum atomic E-state index is 4.93. The molecule has 3 radical (unpaired) electrons. The minimum absolute atomic E-state index is 0.